The Morgan fingerprint density at radius 3 is 2.11 bits per heavy atom. The molecule has 0 fully saturated rings. The summed E-state index contributed by atoms with van der Waals surface area (Å²) in [5.74, 6) is -0.495. The van der Waals surface area contributed by atoms with Gasteiger partial charge in [-0.05, 0) is 17.7 Å². The third-order valence-electron chi connectivity index (χ3n) is 2.47. The minimum atomic E-state index is -1.18. The zero-order valence-electron chi connectivity index (χ0n) is 9.71. The fraction of sp³-hybridized carbons (Fsp3) is 0.0714. The second-order valence-corrected chi connectivity index (χ2v) is 3.79. The number of hydrogen-bond acceptors (Lipinski definition) is 3. The largest absolute Gasteiger partial charge is 0.378 e. The highest BCUT2D eigenvalue weighted by atomic mass is 16.3. The molecule has 2 aromatic carbocycles. The van der Waals surface area contributed by atoms with Gasteiger partial charge in [0.25, 0.3) is 5.91 Å². The smallest absolute Gasteiger partial charge is 0.271 e. The summed E-state index contributed by atoms with van der Waals surface area (Å²) >= 11 is 0. The Morgan fingerprint density at radius 2 is 1.50 bits per heavy atom. The first-order valence-electron chi connectivity index (χ1n) is 5.61. The van der Waals surface area contributed by atoms with Crippen molar-refractivity contribution in [3.8, 4) is 0 Å². The van der Waals surface area contributed by atoms with Gasteiger partial charge in [-0.15, -0.1) is 0 Å². The highest BCUT2D eigenvalue weighted by Crippen LogP contribution is 2.12. The number of benzene rings is 2. The number of carbonyl (C=O) groups is 1. The van der Waals surface area contributed by atoms with Crippen LogP contribution in [0.15, 0.2) is 60.7 Å². The van der Waals surface area contributed by atoms with Gasteiger partial charge in [0, 0.05) is 0 Å². The van der Waals surface area contributed by atoms with E-state index in [2.05, 4.69) is 10.9 Å². The van der Waals surface area contributed by atoms with Crippen LogP contribution in [-0.4, -0.2) is 11.0 Å². The number of para-hydroxylation sites is 1. The Morgan fingerprint density at radius 1 is 0.944 bits per heavy atom. The highest BCUT2D eigenvalue weighted by Gasteiger charge is 2.16. The van der Waals surface area contributed by atoms with Crippen LogP contribution >= 0.6 is 0 Å². The average molecular weight is 242 g/mol. The van der Waals surface area contributed by atoms with Crippen molar-refractivity contribution in [3.05, 3.63) is 66.2 Å². The van der Waals surface area contributed by atoms with Gasteiger partial charge < -0.3 is 5.11 Å². The number of hydrazine groups is 1. The summed E-state index contributed by atoms with van der Waals surface area (Å²) in [5.41, 5.74) is 6.51. The van der Waals surface area contributed by atoms with Gasteiger partial charge in [0.05, 0.1) is 5.69 Å². The molecule has 3 N–H and O–H groups in total. The molecule has 4 nitrogen and oxygen atoms in total. The molecular weight excluding hydrogens is 228 g/mol. The first kappa shape index (κ1) is 12.1. The maximum atomic E-state index is 11.7. The van der Waals surface area contributed by atoms with E-state index in [0.717, 1.165) is 5.69 Å². The molecule has 0 aromatic heterocycles. The lowest BCUT2D eigenvalue weighted by Crippen LogP contribution is -2.33. The van der Waals surface area contributed by atoms with Crippen molar-refractivity contribution in [2.75, 3.05) is 5.43 Å². The molecule has 92 valence electrons. The summed E-state index contributed by atoms with van der Waals surface area (Å²) in [6, 6.07) is 18.0. The van der Waals surface area contributed by atoms with Crippen molar-refractivity contribution >= 4 is 11.6 Å². The molecule has 1 unspecified atom stereocenters. The van der Waals surface area contributed by atoms with Gasteiger partial charge in [0.2, 0.25) is 0 Å². The van der Waals surface area contributed by atoms with Crippen LogP contribution in [0.4, 0.5) is 5.69 Å². The Kier molecular flexibility index (Phi) is 3.94. The molecule has 1 amide bonds. The lowest BCUT2D eigenvalue weighted by atomic mass is 10.1. The first-order valence-corrected chi connectivity index (χ1v) is 5.61. The van der Waals surface area contributed by atoms with Gasteiger partial charge >= 0.3 is 0 Å². The number of amides is 1. The first-order chi connectivity index (χ1) is 8.77. The van der Waals surface area contributed by atoms with Crippen LogP contribution in [0, 0.1) is 0 Å². The molecule has 0 spiro atoms. The zero-order chi connectivity index (χ0) is 12.8. The van der Waals surface area contributed by atoms with Crippen molar-refractivity contribution in [1.29, 1.82) is 0 Å². The van der Waals surface area contributed by atoms with Crippen molar-refractivity contribution < 1.29 is 9.90 Å². The van der Waals surface area contributed by atoms with Crippen LogP contribution in [0.1, 0.15) is 11.7 Å². The standard InChI is InChI=1S/C14H14N2O2/c17-13(11-7-3-1-4-8-11)14(18)16-15-12-9-5-2-6-10-12/h1-10,13,15,17H,(H,16,18). The molecule has 4 heteroatoms. The number of aliphatic hydroxyl groups is 1. The number of rotatable bonds is 4. The number of aliphatic hydroxyl groups excluding tert-OH is 1. The monoisotopic (exact) mass is 242 g/mol. The summed E-state index contributed by atoms with van der Waals surface area (Å²) in [7, 11) is 0. The molecule has 0 aliphatic carbocycles. The quantitative estimate of drug-likeness (QED) is 0.717. The van der Waals surface area contributed by atoms with Crippen molar-refractivity contribution in [1.82, 2.24) is 5.43 Å². The summed E-state index contributed by atoms with van der Waals surface area (Å²) in [6.45, 7) is 0. The SMILES string of the molecule is O=C(NNc1ccccc1)C(O)c1ccccc1. The van der Waals surface area contributed by atoms with Gasteiger partial charge in [-0.3, -0.25) is 15.6 Å². The Labute approximate surface area is 105 Å². The van der Waals surface area contributed by atoms with Crippen LogP contribution in [-0.2, 0) is 4.79 Å². The lowest BCUT2D eigenvalue weighted by Gasteiger charge is -2.13. The Bertz CT molecular complexity index is 500. The van der Waals surface area contributed by atoms with Crippen LogP contribution in [0.5, 0.6) is 0 Å². The van der Waals surface area contributed by atoms with E-state index in [1.54, 1.807) is 24.3 Å². The molecule has 0 bridgehead atoms. The predicted molar refractivity (Wildman–Crippen MR) is 69.6 cm³/mol. The van der Waals surface area contributed by atoms with Crippen LogP contribution in [0.25, 0.3) is 0 Å². The van der Waals surface area contributed by atoms with E-state index >= 15 is 0 Å². The lowest BCUT2D eigenvalue weighted by molar-refractivity contribution is -0.129. The van der Waals surface area contributed by atoms with E-state index < -0.39 is 12.0 Å². The fourth-order valence-electron chi connectivity index (χ4n) is 1.51. The minimum absolute atomic E-state index is 0.495. The zero-order valence-corrected chi connectivity index (χ0v) is 9.71. The summed E-state index contributed by atoms with van der Waals surface area (Å²) < 4.78 is 0. The van der Waals surface area contributed by atoms with Crippen molar-refractivity contribution in [3.63, 3.8) is 0 Å². The molecule has 0 aliphatic rings. The normalized spacial score (nSPS) is 11.6. The van der Waals surface area contributed by atoms with E-state index in [0.29, 0.717) is 5.56 Å². The van der Waals surface area contributed by atoms with Gasteiger partial charge in [0.1, 0.15) is 0 Å². The maximum absolute atomic E-state index is 11.7. The third-order valence-corrected chi connectivity index (χ3v) is 2.47. The third kappa shape index (κ3) is 3.09. The predicted octanol–water partition coefficient (Wildman–Crippen LogP) is 1.86. The molecular formula is C14H14N2O2. The number of carbonyl (C=O) groups excluding carboxylic acids is 1. The molecule has 1 atom stereocenters. The Hall–Kier alpha value is -2.33. The van der Waals surface area contributed by atoms with Crippen LogP contribution in [0.2, 0.25) is 0 Å². The van der Waals surface area contributed by atoms with E-state index in [4.69, 9.17) is 0 Å². The summed E-state index contributed by atoms with van der Waals surface area (Å²) in [6.07, 6.45) is -1.18. The molecule has 2 aromatic rings. The van der Waals surface area contributed by atoms with Crippen LogP contribution in [0.3, 0.4) is 0 Å². The molecule has 0 saturated carbocycles. The van der Waals surface area contributed by atoms with Crippen LogP contribution < -0.4 is 10.9 Å². The molecule has 0 radical (unpaired) electrons. The summed E-state index contributed by atoms with van der Waals surface area (Å²) in [4.78, 5) is 11.7. The average Bonchev–Trinajstić information content (AvgIpc) is 2.46. The van der Waals surface area contributed by atoms with E-state index in [9.17, 15) is 9.90 Å². The Balaban J connectivity index is 1.93. The van der Waals surface area contributed by atoms with Crippen molar-refractivity contribution in [2.24, 2.45) is 0 Å². The maximum Gasteiger partial charge on any atom is 0.271 e. The van der Waals surface area contributed by atoms with E-state index in [1.165, 1.54) is 0 Å². The molecule has 0 heterocycles. The molecule has 2 rings (SSSR count). The number of hydrogen-bond donors (Lipinski definition) is 3. The molecule has 0 aliphatic heterocycles. The second-order valence-electron chi connectivity index (χ2n) is 3.79. The van der Waals surface area contributed by atoms with Gasteiger partial charge in [-0.1, -0.05) is 48.5 Å². The number of anilines is 1. The minimum Gasteiger partial charge on any atom is -0.378 e. The fourth-order valence-corrected chi connectivity index (χ4v) is 1.51. The van der Waals surface area contributed by atoms with Gasteiger partial charge in [-0.2, -0.15) is 0 Å². The van der Waals surface area contributed by atoms with E-state index in [-0.39, 0.29) is 0 Å². The molecule has 0 saturated heterocycles. The summed E-state index contributed by atoms with van der Waals surface area (Å²) in [5, 5.41) is 9.82. The second kappa shape index (κ2) is 5.84. The van der Waals surface area contributed by atoms with Gasteiger partial charge in [-0.25, -0.2) is 0 Å². The molecule has 18 heavy (non-hydrogen) atoms. The topological polar surface area (TPSA) is 61.4 Å². The highest BCUT2D eigenvalue weighted by molar-refractivity contribution is 5.82. The van der Waals surface area contributed by atoms with Gasteiger partial charge in [0.15, 0.2) is 6.10 Å². The number of nitrogens with one attached hydrogen (secondary N) is 2. The van der Waals surface area contributed by atoms with Crippen molar-refractivity contribution in [2.45, 2.75) is 6.10 Å². The van der Waals surface area contributed by atoms with E-state index in [1.807, 2.05) is 36.4 Å².